The van der Waals surface area contributed by atoms with E-state index >= 15 is 0 Å². The highest BCUT2D eigenvalue weighted by Gasteiger charge is 2.12. The number of nitrogens with one attached hydrogen (secondary N) is 1. The zero-order valence-electron chi connectivity index (χ0n) is 10.6. The second kappa shape index (κ2) is 5.44. The summed E-state index contributed by atoms with van der Waals surface area (Å²) < 4.78 is 0. The SMILES string of the molecule is Cc1cc(O)c(O)cc1C(=O)NCc1ccccc1. The minimum Gasteiger partial charge on any atom is -0.504 e. The van der Waals surface area contributed by atoms with Gasteiger partial charge >= 0.3 is 0 Å². The van der Waals surface area contributed by atoms with Gasteiger partial charge in [0.2, 0.25) is 0 Å². The molecule has 98 valence electrons. The summed E-state index contributed by atoms with van der Waals surface area (Å²) in [6.45, 7) is 2.12. The van der Waals surface area contributed by atoms with E-state index in [4.69, 9.17) is 0 Å². The predicted octanol–water partition coefficient (Wildman–Crippen LogP) is 2.34. The Morgan fingerprint density at radius 2 is 1.74 bits per heavy atom. The van der Waals surface area contributed by atoms with Crippen molar-refractivity contribution in [1.29, 1.82) is 0 Å². The number of aromatic hydroxyl groups is 2. The maximum Gasteiger partial charge on any atom is 0.251 e. The fraction of sp³-hybridized carbons (Fsp3) is 0.133. The van der Waals surface area contributed by atoms with Gasteiger partial charge in [-0.15, -0.1) is 0 Å². The van der Waals surface area contributed by atoms with E-state index in [0.29, 0.717) is 17.7 Å². The molecule has 0 aliphatic carbocycles. The molecular weight excluding hydrogens is 242 g/mol. The predicted molar refractivity (Wildman–Crippen MR) is 72.1 cm³/mol. The normalized spacial score (nSPS) is 10.2. The number of rotatable bonds is 3. The molecule has 2 rings (SSSR count). The van der Waals surface area contributed by atoms with Gasteiger partial charge in [-0.3, -0.25) is 4.79 Å². The molecule has 0 aromatic heterocycles. The summed E-state index contributed by atoms with van der Waals surface area (Å²) in [4.78, 5) is 12.0. The van der Waals surface area contributed by atoms with Gasteiger partial charge in [-0.05, 0) is 30.2 Å². The molecule has 0 unspecified atom stereocenters. The van der Waals surface area contributed by atoms with E-state index in [2.05, 4.69) is 5.32 Å². The lowest BCUT2D eigenvalue weighted by Crippen LogP contribution is -2.23. The van der Waals surface area contributed by atoms with Gasteiger partial charge in [0, 0.05) is 12.1 Å². The van der Waals surface area contributed by atoms with Crippen LogP contribution in [0.25, 0.3) is 0 Å². The van der Waals surface area contributed by atoms with Gasteiger partial charge in [-0.1, -0.05) is 30.3 Å². The molecule has 3 N–H and O–H groups in total. The van der Waals surface area contributed by atoms with Crippen LogP contribution in [0.15, 0.2) is 42.5 Å². The molecule has 0 aliphatic rings. The van der Waals surface area contributed by atoms with E-state index in [1.807, 2.05) is 30.3 Å². The van der Waals surface area contributed by atoms with Crippen LogP contribution in [0, 0.1) is 6.92 Å². The van der Waals surface area contributed by atoms with Crippen molar-refractivity contribution < 1.29 is 15.0 Å². The lowest BCUT2D eigenvalue weighted by molar-refractivity contribution is 0.0950. The van der Waals surface area contributed by atoms with Crippen LogP contribution in [0.2, 0.25) is 0 Å². The number of amides is 1. The average molecular weight is 257 g/mol. The van der Waals surface area contributed by atoms with Crippen molar-refractivity contribution in [2.24, 2.45) is 0 Å². The van der Waals surface area contributed by atoms with Crippen molar-refractivity contribution in [2.75, 3.05) is 0 Å². The van der Waals surface area contributed by atoms with Crippen LogP contribution in [0.4, 0.5) is 0 Å². The Bertz CT molecular complexity index is 594. The molecule has 2 aromatic rings. The van der Waals surface area contributed by atoms with Crippen molar-refractivity contribution in [2.45, 2.75) is 13.5 Å². The lowest BCUT2D eigenvalue weighted by Gasteiger charge is -2.09. The topological polar surface area (TPSA) is 69.6 Å². The van der Waals surface area contributed by atoms with Gasteiger partial charge in [0.05, 0.1) is 0 Å². The molecular formula is C15H15NO3. The summed E-state index contributed by atoms with van der Waals surface area (Å²) in [6, 6.07) is 12.2. The Kier molecular flexibility index (Phi) is 3.71. The zero-order chi connectivity index (χ0) is 13.8. The lowest BCUT2D eigenvalue weighted by atomic mass is 10.1. The van der Waals surface area contributed by atoms with E-state index < -0.39 is 0 Å². The first-order valence-electron chi connectivity index (χ1n) is 5.92. The highest BCUT2D eigenvalue weighted by Crippen LogP contribution is 2.27. The quantitative estimate of drug-likeness (QED) is 0.739. The maximum atomic E-state index is 12.0. The zero-order valence-corrected chi connectivity index (χ0v) is 10.6. The minimum atomic E-state index is -0.296. The molecule has 2 aromatic carbocycles. The molecule has 19 heavy (non-hydrogen) atoms. The standard InChI is InChI=1S/C15H15NO3/c1-10-7-13(17)14(18)8-12(10)15(19)16-9-11-5-3-2-4-6-11/h2-8,17-18H,9H2,1H3,(H,16,19). The Morgan fingerprint density at radius 1 is 1.11 bits per heavy atom. The van der Waals surface area contributed by atoms with Crippen molar-refractivity contribution in [3.05, 3.63) is 59.2 Å². The van der Waals surface area contributed by atoms with Crippen LogP contribution in [-0.4, -0.2) is 16.1 Å². The number of hydrogen-bond donors (Lipinski definition) is 3. The van der Waals surface area contributed by atoms with Crippen molar-refractivity contribution >= 4 is 5.91 Å². The first-order valence-corrected chi connectivity index (χ1v) is 5.92. The fourth-order valence-corrected chi connectivity index (χ4v) is 1.80. The molecule has 1 amide bonds. The smallest absolute Gasteiger partial charge is 0.251 e. The van der Waals surface area contributed by atoms with Crippen LogP contribution in [0.1, 0.15) is 21.5 Å². The maximum absolute atomic E-state index is 12.0. The molecule has 0 atom stereocenters. The molecule has 4 heteroatoms. The number of phenols is 2. The second-order valence-electron chi connectivity index (χ2n) is 4.32. The van der Waals surface area contributed by atoms with Gasteiger partial charge in [-0.25, -0.2) is 0 Å². The van der Waals surface area contributed by atoms with Crippen LogP contribution in [0.3, 0.4) is 0 Å². The van der Waals surface area contributed by atoms with E-state index in [1.54, 1.807) is 6.92 Å². The van der Waals surface area contributed by atoms with Crippen LogP contribution < -0.4 is 5.32 Å². The number of aryl methyl sites for hydroxylation is 1. The van der Waals surface area contributed by atoms with Crippen molar-refractivity contribution in [1.82, 2.24) is 5.32 Å². The van der Waals surface area contributed by atoms with E-state index in [1.165, 1.54) is 12.1 Å². The molecule has 0 spiro atoms. The largest absolute Gasteiger partial charge is 0.504 e. The first-order chi connectivity index (χ1) is 9.08. The van der Waals surface area contributed by atoms with E-state index in [0.717, 1.165) is 5.56 Å². The number of phenolic OH excluding ortho intramolecular Hbond substituents is 2. The van der Waals surface area contributed by atoms with Gasteiger partial charge in [0.15, 0.2) is 11.5 Å². The second-order valence-corrected chi connectivity index (χ2v) is 4.32. The van der Waals surface area contributed by atoms with E-state index in [-0.39, 0.29) is 17.4 Å². The number of carbonyl (C=O) groups excluding carboxylic acids is 1. The fourth-order valence-electron chi connectivity index (χ4n) is 1.80. The molecule has 0 fully saturated rings. The third-order valence-electron chi connectivity index (χ3n) is 2.86. The molecule has 4 nitrogen and oxygen atoms in total. The summed E-state index contributed by atoms with van der Waals surface area (Å²) in [6.07, 6.45) is 0. The summed E-state index contributed by atoms with van der Waals surface area (Å²) >= 11 is 0. The van der Waals surface area contributed by atoms with Gasteiger partial charge in [0.25, 0.3) is 5.91 Å². The van der Waals surface area contributed by atoms with Gasteiger partial charge < -0.3 is 15.5 Å². The Balaban J connectivity index is 2.10. The molecule has 0 saturated heterocycles. The van der Waals surface area contributed by atoms with Crippen molar-refractivity contribution in [3.8, 4) is 11.5 Å². The Labute approximate surface area is 111 Å². The summed E-state index contributed by atoms with van der Waals surface area (Å²) in [5.74, 6) is -0.802. The minimum absolute atomic E-state index is 0.225. The number of carbonyl (C=O) groups is 1. The van der Waals surface area contributed by atoms with Gasteiger partial charge in [0.1, 0.15) is 0 Å². The summed E-state index contributed by atoms with van der Waals surface area (Å²) in [7, 11) is 0. The molecule has 0 aliphatic heterocycles. The number of hydrogen-bond acceptors (Lipinski definition) is 3. The van der Waals surface area contributed by atoms with Crippen LogP contribution in [0.5, 0.6) is 11.5 Å². The van der Waals surface area contributed by atoms with Crippen molar-refractivity contribution in [3.63, 3.8) is 0 Å². The molecule has 0 radical (unpaired) electrons. The summed E-state index contributed by atoms with van der Waals surface area (Å²) in [5, 5.41) is 21.5. The molecule has 0 bridgehead atoms. The van der Waals surface area contributed by atoms with Crippen LogP contribution >= 0.6 is 0 Å². The number of benzene rings is 2. The van der Waals surface area contributed by atoms with E-state index in [9.17, 15) is 15.0 Å². The molecule has 0 heterocycles. The van der Waals surface area contributed by atoms with Gasteiger partial charge in [-0.2, -0.15) is 0 Å². The monoisotopic (exact) mass is 257 g/mol. The Morgan fingerprint density at radius 3 is 2.42 bits per heavy atom. The third-order valence-corrected chi connectivity index (χ3v) is 2.86. The highest BCUT2D eigenvalue weighted by molar-refractivity contribution is 5.96. The first kappa shape index (κ1) is 13.0. The molecule has 0 saturated carbocycles. The average Bonchev–Trinajstić information content (AvgIpc) is 2.41. The highest BCUT2D eigenvalue weighted by atomic mass is 16.3. The Hall–Kier alpha value is -2.49. The third kappa shape index (κ3) is 3.04. The summed E-state index contributed by atoms with van der Waals surface area (Å²) in [5.41, 5.74) is 1.96. The van der Waals surface area contributed by atoms with Crippen LogP contribution in [-0.2, 0) is 6.54 Å².